The Bertz CT molecular complexity index is 638. The highest BCUT2D eigenvalue weighted by molar-refractivity contribution is 5.80. The van der Waals surface area contributed by atoms with Crippen molar-refractivity contribution >= 4 is 11.9 Å². The number of likely N-dealkylation sites (tertiary alicyclic amines) is 1. The van der Waals surface area contributed by atoms with E-state index in [2.05, 4.69) is 36.2 Å². The predicted octanol–water partition coefficient (Wildman–Crippen LogP) is 3.13. The lowest BCUT2D eigenvalue weighted by Gasteiger charge is -2.33. The average Bonchev–Trinajstić information content (AvgIpc) is 2.67. The van der Waals surface area contributed by atoms with E-state index in [9.17, 15) is 4.79 Å². The van der Waals surface area contributed by atoms with Gasteiger partial charge in [-0.05, 0) is 57.7 Å². The summed E-state index contributed by atoms with van der Waals surface area (Å²) < 4.78 is 10.8. The normalized spacial score (nSPS) is 15.6. The Morgan fingerprint density at radius 1 is 1.22 bits per heavy atom. The molecule has 0 aromatic heterocycles. The van der Waals surface area contributed by atoms with Crippen molar-refractivity contribution < 1.29 is 14.3 Å². The molecule has 1 aliphatic rings. The molecule has 1 N–H and O–H groups in total. The molecular formula is C21H33N3O3. The number of hydrogen-bond acceptors (Lipinski definition) is 4. The van der Waals surface area contributed by atoms with Crippen molar-refractivity contribution in [1.29, 1.82) is 0 Å². The molecule has 0 spiro atoms. The molecule has 0 amide bonds. The summed E-state index contributed by atoms with van der Waals surface area (Å²) in [6, 6.07) is 6.21. The van der Waals surface area contributed by atoms with Crippen LogP contribution in [0.15, 0.2) is 23.2 Å². The molecule has 1 heterocycles. The molecule has 1 aliphatic heterocycles. The number of piperidine rings is 1. The number of carbonyl (C=O) groups is 1. The summed E-state index contributed by atoms with van der Waals surface area (Å²) in [4.78, 5) is 19.0. The van der Waals surface area contributed by atoms with Gasteiger partial charge in [-0.3, -0.25) is 4.79 Å². The maximum absolute atomic E-state index is 11.9. The summed E-state index contributed by atoms with van der Waals surface area (Å²) >= 11 is 0. The molecule has 0 bridgehead atoms. The fourth-order valence-electron chi connectivity index (χ4n) is 3.31. The van der Waals surface area contributed by atoms with E-state index in [1.165, 1.54) is 0 Å². The first-order chi connectivity index (χ1) is 13.1. The smallest absolute Gasteiger partial charge is 0.309 e. The molecule has 27 heavy (non-hydrogen) atoms. The van der Waals surface area contributed by atoms with Crippen LogP contribution in [0.25, 0.3) is 0 Å². The van der Waals surface area contributed by atoms with Gasteiger partial charge in [0, 0.05) is 19.6 Å². The topological polar surface area (TPSA) is 63.2 Å². The number of aryl methyl sites for hydroxylation is 1. The fourth-order valence-corrected chi connectivity index (χ4v) is 3.31. The first-order valence-electron chi connectivity index (χ1n) is 10.0. The molecule has 0 unspecified atom stereocenters. The first-order valence-corrected chi connectivity index (χ1v) is 10.0. The number of nitrogens with zero attached hydrogens (tertiary/aromatic N) is 2. The molecule has 1 fully saturated rings. The quantitative estimate of drug-likeness (QED) is 0.451. The number of ether oxygens (including phenoxy) is 2. The second-order valence-electron chi connectivity index (χ2n) is 6.72. The van der Waals surface area contributed by atoms with Crippen molar-refractivity contribution in [3.05, 3.63) is 29.3 Å². The van der Waals surface area contributed by atoms with Crippen molar-refractivity contribution in [2.45, 2.75) is 47.1 Å². The van der Waals surface area contributed by atoms with Crippen molar-refractivity contribution in [3.8, 4) is 5.75 Å². The van der Waals surface area contributed by atoms with Gasteiger partial charge < -0.3 is 19.7 Å². The molecular weight excluding hydrogens is 342 g/mol. The average molecular weight is 376 g/mol. The Hall–Kier alpha value is -2.24. The lowest BCUT2D eigenvalue weighted by Crippen LogP contribution is -2.46. The van der Waals surface area contributed by atoms with Crippen LogP contribution in [-0.2, 0) is 16.1 Å². The third kappa shape index (κ3) is 6.15. The van der Waals surface area contributed by atoms with E-state index in [-0.39, 0.29) is 11.9 Å². The number of hydrogen-bond donors (Lipinski definition) is 1. The van der Waals surface area contributed by atoms with Crippen molar-refractivity contribution in [1.82, 2.24) is 10.2 Å². The predicted molar refractivity (Wildman–Crippen MR) is 108 cm³/mol. The minimum Gasteiger partial charge on any atom is -0.494 e. The number of benzene rings is 1. The molecule has 150 valence electrons. The molecule has 0 atom stereocenters. The summed E-state index contributed by atoms with van der Waals surface area (Å²) in [5.74, 6) is 1.78. The number of carbonyl (C=O) groups excluding carboxylic acids is 1. The molecule has 2 rings (SSSR count). The van der Waals surface area contributed by atoms with E-state index in [0.717, 1.165) is 55.3 Å². The summed E-state index contributed by atoms with van der Waals surface area (Å²) in [7, 11) is 0. The zero-order valence-electron chi connectivity index (χ0n) is 17.1. The van der Waals surface area contributed by atoms with E-state index in [1.807, 2.05) is 19.9 Å². The van der Waals surface area contributed by atoms with Crippen LogP contribution in [0.3, 0.4) is 0 Å². The number of guanidine groups is 1. The molecule has 0 radical (unpaired) electrons. The highest BCUT2D eigenvalue weighted by atomic mass is 16.5. The Balaban J connectivity index is 1.98. The summed E-state index contributed by atoms with van der Waals surface area (Å²) in [5.41, 5.74) is 2.29. The number of aliphatic imine (C=N–C) groups is 1. The molecule has 1 aromatic carbocycles. The zero-order chi connectivity index (χ0) is 19.6. The first kappa shape index (κ1) is 21.1. The van der Waals surface area contributed by atoms with Crippen LogP contribution in [0.4, 0.5) is 0 Å². The summed E-state index contributed by atoms with van der Waals surface area (Å²) in [5, 5.41) is 3.37. The summed E-state index contributed by atoms with van der Waals surface area (Å²) in [6.45, 7) is 12.2. The minimum absolute atomic E-state index is 0.0119. The molecule has 1 saturated heterocycles. The van der Waals surface area contributed by atoms with Crippen LogP contribution >= 0.6 is 0 Å². The van der Waals surface area contributed by atoms with Crippen LogP contribution in [0.1, 0.15) is 44.7 Å². The van der Waals surface area contributed by atoms with Gasteiger partial charge in [-0.15, -0.1) is 0 Å². The Labute approximate surface area is 162 Å². The van der Waals surface area contributed by atoms with Crippen LogP contribution in [0, 0.1) is 12.8 Å². The van der Waals surface area contributed by atoms with Crippen molar-refractivity contribution in [2.75, 3.05) is 32.8 Å². The summed E-state index contributed by atoms with van der Waals surface area (Å²) in [6.07, 6.45) is 1.62. The Kier molecular flexibility index (Phi) is 8.43. The van der Waals surface area contributed by atoms with Gasteiger partial charge in [0.25, 0.3) is 0 Å². The Morgan fingerprint density at radius 3 is 2.56 bits per heavy atom. The lowest BCUT2D eigenvalue weighted by atomic mass is 9.97. The maximum Gasteiger partial charge on any atom is 0.309 e. The monoisotopic (exact) mass is 375 g/mol. The zero-order valence-corrected chi connectivity index (χ0v) is 17.1. The van der Waals surface area contributed by atoms with Crippen LogP contribution < -0.4 is 10.1 Å². The third-order valence-corrected chi connectivity index (χ3v) is 4.70. The van der Waals surface area contributed by atoms with Gasteiger partial charge in [0.15, 0.2) is 5.96 Å². The SMILES string of the molecule is CCNC(=NCc1ccc(OCC)c(C)c1)N1CCC(C(=O)OCC)CC1. The second kappa shape index (κ2) is 10.8. The van der Waals surface area contributed by atoms with Gasteiger partial charge in [0.05, 0.1) is 25.7 Å². The molecule has 1 aromatic rings. The molecule has 0 saturated carbocycles. The second-order valence-corrected chi connectivity index (χ2v) is 6.72. The number of esters is 1. The molecule has 0 aliphatic carbocycles. The van der Waals surface area contributed by atoms with Gasteiger partial charge >= 0.3 is 5.97 Å². The van der Waals surface area contributed by atoms with Gasteiger partial charge in [-0.25, -0.2) is 4.99 Å². The van der Waals surface area contributed by atoms with E-state index in [4.69, 9.17) is 14.5 Å². The number of rotatable bonds is 7. The van der Waals surface area contributed by atoms with Crippen LogP contribution in [-0.4, -0.2) is 49.7 Å². The highest BCUT2D eigenvalue weighted by Crippen LogP contribution is 2.21. The number of nitrogens with one attached hydrogen (secondary N) is 1. The van der Waals surface area contributed by atoms with Gasteiger partial charge in [0.1, 0.15) is 5.75 Å². The minimum atomic E-state index is -0.0658. The fraction of sp³-hybridized carbons (Fsp3) is 0.619. The van der Waals surface area contributed by atoms with Gasteiger partial charge in [-0.2, -0.15) is 0 Å². The van der Waals surface area contributed by atoms with Crippen molar-refractivity contribution in [3.63, 3.8) is 0 Å². The standard InChI is InChI=1S/C21H33N3O3/c1-5-22-21(24-12-10-18(11-13-24)20(25)27-7-3)23-15-17-8-9-19(26-6-2)16(4)14-17/h8-9,14,18H,5-7,10-13,15H2,1-4H3,(H,22,23). The molecule has 6 nitrogen and oxygen atoms in total. The van der Waals surface area contributed by atoms with E-state index < -0.39 is 0 Å². The Morgan fingerprint density at radius 2 is 1.96 bits per heavy atom. The largest absolute Gasteiger partial charge is 0.494 e. The maximum atomic E-state index is 11.9. The van der Waals surface area contributed by atoms with Gasteiger partial charge in [-0.1, -0.05) is 12.1 Å². The van der Waals surface area contributed by atoms with Crippen molar-refractivity contribution in [2.24, 2.45) is 10.9 Å². The molecule has 6 heteroatoms. The van der Waals surface area contributed by atoms with E-state index in [1.54, 1.807) is 0 Å². The van der Waals surface area contributed by atoms with E-state index >= 15 is 0 Å². The van der Waals surface area contributed by atoms with Gasteiger partial charge in [0.2, 0.25) is 0 Å². The van der Waals surface area contributed by atoms with Crippen LogP contribution in [0.5, 0.6) is 5.75 Å². The third-order valence-electron chi connectivity index (χ3n) is 4.70. The van der Waals surface area contributed by atoms with Crippen LogP contribution in [0.2, 0.25) is 0 Å². The highest BCUT2D eigenvalue weighted by Gasteiger charge is 2.27. The lowest BCUT2D eigenvalue weighted by molar-refractivity contribution is -0.149. The van der Waals surface area contributed by atoms with E-state index in [0.29, 0.717) is 19.8 Å².